The predicted molar refractivity (Wildman–Crippen MR) is 80.7 cm³/mol. The summed E-state index contributed by atoms with van der Waals surface area (Å²) in [6.07, 6.45) is 7.26. The minimum absolute atomic E-state index is 0.0416. The summed E-state index contributed by atoms with van der Waals surface area (Å²) in [5.74, 6) is 0.215. The van der Waals surface area contributed by atoms with Crippen molar-refractivity contribution < 1.29 is 4.79 Å². The van der Waals surface area contributed by atoms with Gasteiger partial charge in [-0.1, -0.05) is 56.8 Å². The second kappa shape index (κ2) is 5.40. The quantitative estimate of drug-likeness (QED) is 0.720. The molecule has 0 spiro atoms. The predicted octanol–water partition coefficient (Wildman–Crippen LogP) is 4.57. The van der Waals surface area contributed by atoms with Gasteiger partial charge in [-0.2, -0.15) is 0 Å². The molecule has 0 N–H and O–H groups in total. The van der Waals surface area contributed by atoms with E-state index in [0.29, 0.717) is 6.42 Å². The summed E-state index contributed by atoms with van der Waals surface area (Å²) in [5.41, 5.74) is 3.32. The molecule has 0 fully saturated rings. The Morgan fingerprint density at radius 3 is 2.47 bits per heavy atom. The summed E-state index contributed by atoms with van der Waals surface area (Å²) < 4.78 is 0. The highest BCUT2D eigenvalue weighted by molar-refractivity contribution is 5.93. The fraction of sp³-hybridized carbons (Fsp3) is 0.278. The van der Waals surface area contributed by atoms with E-state index in [9.17, 15) is 4.79 Å². The smallest absolute Gasteiger partial charge is 0.156 e. The molecule has 0 aliphatic heterocycles. The molecule has 1 aromatic carbocycles. The lowest BCUT2D eigenvalue weighted by molar-refractivity contribution is -0.116. The van der Waals surface area contributed by atoms with E-state index in [-0.39, 0.29) is 11.2 Å². The number of benzene rings is 1. The fourth-order valence-electron chi connectivity index (χ4n) is 2.54. The third-order valence-electron chi connectivity index (χ3n) is 3.37. The average Bonchev–Trinajstić information content (AvgIpc) is 2.34. The molecular weight excluding hydrogens is 232 g/mol. The SMILES string of the molecule is C=C/C(=C/c1ccccc1)C1=CC(=O)CC(C)(C)C1. The molecule has 1 aliphatic rings. The van der Waals surface area contributed by atoms with Gasteiger partial charge >= 0.3 is 0 Å². The van der Waals surface area contributed by atoms with Gasteiger partial charge in [0.15, 0.2) is 5.78 Å². The fourth-order valence-corrected chi connectivity index (χ4v) is 2.54. The van der Waals surface area contributed by atoms with E-state index in [1.165, 1.54) is 0 Å². The molecule has 1 aliphatic carbocycles. The Balaban J connectivity index is 2.35. The minimum atomic E-state index is 0.0416. The normalized spacial score (nSPS) is 18.9. The van der Waals surface area contributed by atoms with Crippen molar-refractivity contribution in [1.82, 2.24) is 0 Å². The molecule has 0 saturated heterocycles. The van der Waals surface area contributed by atoms with Crippen molar-refractivity contribution in [1.29, 1.82) is 0 Å². The van der Waals surface area contributed by atoms with Crippen LogP contribution in [0.25, 0.3) is 6.08 Å². The molecule has 0 atom stereocenters. The first-order chi connectivity index (χ1) is 9.00. The largest absolute Gasteiger partial charge is 0.295 e. The molecule has 0 unspecified atom stereocenters. The Kier molecular flexibility index (Phi) is 3.84. The van der Waals surface area contributed by atoms with Crippen LogP contribution in [0, 0.1) is 5.41 Å². The summed E-state index contributed by atoms with van der Waals surface area (Å²) in [4.78, 5) is 11.8. The van der Waals surface area contributed by atoms with E-state index in [0.717, 1.165) is 23.1 Å². The van der Waals surface area contributed by atoms with Gasteiger partial charge in [0, 0.05) is 6.42 Å². The van der Waals surface area contributed by atoms with Crippen LogP contribution >= 0.6 is 0 Å². The minimum Gasteiger partial charge on any atom is -0.295 e. The van der Waals surface area contributed by atoms with Crippen molar-refractivity contribution in [3.63, 3.8) is 0 Å². The Morgan fingerprint density at radius 2 is 1.89 bits per heavy atom. The number of carbonyl (C=O) groups excluding carboxylic acids is 1. The van der Waals surface area contributed by atoms with Crippen LogP contribution in [-0.2, 0) is 4.79 Å². The third kappa shape index (κ3) is 3.54. The van der Waals surface area contributed by atoms with E-state index in [4.69, 9.17) is 0 Å². The Bertz CT molecular complexity index is 544. The second-order valence-electron chi connectivity index (χ2n) is 5.87. The van der Waals surface area contributed by atoms with E-state index in [1.54, 1.807) is 6.08 Å². The zero-order valence-corrected chi connectivity index (χ0v) is 11.6. The summed E-state index contributed by atoms with van der Waals surface area (Å²) in [5, 5.41) is 0. The van der Waals surface area contributed by atoms with Crippen LogP contribution in [0.3, 0.4) is 0 Å². The summed E-state index contributed by atoms with van der Waals surface area (Å²) >= 11 is 0. The summed E-state index contributed by atoms with van der Waals surface area (Å²) in [6, 6.07) is 10.1. The monoisotopic (exact) mass is 252 g/mol. The van der Waals surface area contributed by atoms with E-state index >= 15 is 0 Å². The first-order valence-electron chi connectivity index (χ1n) is 6.63. The molecule has 0 saturated carbocycles. The van der Waals surface area contributed by atoms with Crippen LogP contribution < -0.4 is 0 Å². The second-order valence-corrected chi connectivity index (χ2v) is 5.87. The highest BCUT2D eigenvalue weighted by atomic mass is 16.1. The maximum absolute atomic E-state index is 11.8. The number of ketones is 1. The molecule has 0 bridgehead atoms. The highest BCUT2D eigenvalue weighted by Crippen LogP contribution is 2.37. The molecular formula is C18H20O. The Morgan fingerprint density at radius 1 is 1.21 bits per heavy atom. The number of rotatable bonds is 3. The first-order valence-corrected chi connectivity index (χ1v) is 6.63. The van der Waals surface area contributed by atoms with Gasteiger partial charge < -0.3 is 0 Å². The molecule has 0 radical (unpaired) electrons. The van der Waals surface area contributed by atoms with Crippen molar-refractivity contribution in [2.45, 2.75) is 26.7 Å². The van der Waals surface area contributed by atoms with Gasteiger partial charge in [-0.15, -0.1) is 0 Å². The average molecular weight is 252 g/mol. The zero-order valence-electron chi connectivity index (χ0n) is 11.6. The van der Waals surface area contributed by atoms with Crippen molar-refractivity contribution in [3.05, 3.63) is 65.8 Å². The van der Waals surface area contributed by atoms with Gasteiger partial charge in [-0.05, 0) is 40.7 Å². The van der Waals surface area contributed by atoms with Crippen molar-refractivity contribution in [2.75, 3.05) is 0 Å². The van der Waals surface area contributed by atoms with Crippen LogP contribution in [0.5, 0.6) is 0 Å². The Hall–Kier alpha value is -1.89. The number of hydrogen-bond donors (Lipinski definition) is 0. The van der Waals surface area contributed by atoms with Gasteiger partial charge in [0.05, 0.1) is 0 Å². The van der Waals surface area contributed by atoms with Gasteiger partial charge in [0.25, 0.3) is 0 Å². The van der Waals surface area contributed by atoms with Gasteiger partial charge in [0.1, 0.15) is 0 Å². The maximum Gasteiger partial charge on any atom is 0.156 e. The Labute approximate surface area is 115 Å². The first kappa shape index (κ1) is 13.5. The highest BCUT2D eigenvalue weighted by Gasteiger charge is 2.28. The molecule has 1 heteroatoms. The van der Waals surface area contributed by atoms with Crippen LogP contribution in [0.4, 0.5) is 0 Å². The molecule has 0 aromatic heterocycles. The van der Waals surface area contributed by atoms with Crippen LogP contribution in [0.15, 0.2) is 60.2 Å². The lowest BCUT2D eigenvalue weighted by Gasteiger charge is -2.29. The molecule has 2 rings (SSSR count). The topological polar surface area (TPSA) is 17.1 Å². The van der Waals surface area contributed by atoms with Gasteiger partial charge in [-0.3, -0.25) is 4.79 Å². The van der Waals surface area contributed by atoms with Crippen LogP contribution in [0.2, 0.25) is 0 Å². The molecule has 0 amide bonds. The van der Waals surface area contributed by atoms with Crippen molar-refractivity contribution in [3.8, 4) is 0 Å². The van der Waals surface area contributed by atoms with Gasteiger partial charge in [0.2, 0.25) is 0 Å². The molecule has 1 nitrogen and oxygen atoms in total. The van der Waals surface area contributed by atoms with Crippen LogP contribution in [0.1, 0.15) is 32.3 Å². The van der Waals surface area contributed by atoms with Crippen molar-refractivity contribution in [2.24, 2.45) is 5.41 Å². The lowest BCUT2D eigenvalue weighted by atomic mass is 9.75. The van der Waals surface area contributed by atoms with Gasteiger partial charge in [-0.25, -0.2) is 0 Å². The number of hydrogen-bond acceptors (Lipinski definition) is 1. The molecule has 98 valence electrons. The van der Waals surface area contributed by atoms with Crippen LogP contribution in [-0.4, -0.2) is 5.78 Å². The molecule has 0 heterocycles. The van der Waals surface area contributed by atoms with E-state index in [2.05, 4.69) is 38.6 Å². The summed E-state index contributed by atoms with van der Waals surface area (Å²) in [6.45, 7) is 8.16. The third-order valence-corrected chi connectivity index (χ3v) is 3.37. The molecule has 19 heavy (non-hydrogen) atoms. The number of allylic oxidation sites excluding steroid dienone is 4. The van der Waals surface area contributed by atoms with E-state index in [1.807, 2.05) is 24.3 Å². The standard InChI is InChI=1S/C18H20O/c1-4-15(10-14-8-6-5-7-9-14)16-11-17(19)13-18(2,3)12-16/h4-11H,1,12-13H2,2-3H3/b15-10-. The zero-order chi connectivity index (χ0) is 13.9. The molecule has 1 aromatic rings. The lowest BCUT2D eigenvalue weighted by Crippen LogP contribution is -2.22. The van der Waals surface area contributed by atoms with Crippen molar-refractivity contribution >= 4 is 11.9 Å². The summed E-state index contributed by atoms with van der Waals surface area (Å²) in [7, 11) is 0. The van der Waals surface area contributed by atoms with E-state index < -0.39 is 0 Å². The number of carbonyl (C=O) groups is 1. The maximum atomic E-state index is 11.8.